The minimum absolute atomic E-state index is 0.0122. The van der Waals surface area contributed by atoms with E-state index in [4.69, 9.17) is 8.83 Å². The largest absolute Gasteiger partial charge is 0.456 e. The van der Waals surface area contributed by atoms with Crippen LogP contribution in [0.1, 0.15) is 77.6 Å². The number of aromatic nitrogens is 1. The van der Waals surface area contributed by atoms with Crippen molar-refractivity contribution in [1.29, 1.82) is 0 Å². The van der Waals surface area contributed by atoms with Gasteiger partial charge >= 0.3 is 6.85 Å². The molecule has 0 atom stereocenters. The van der Waals surface area contributed by atoms with Crippen molar-refractivity contribution >= 4 is 94.8 Å². The standard InChI is InChI=1S/C59H47BN2O2/c1-57(2,3)32-21-24-34(25-22-32)62-46-30-38-35-15-9-12-18-42(35)59(7,8)43(38)28-41(46)53-54-55-51(52-37-17-11-14-20-49(37)64-56(52)53)40-27-33(58(4,5)6)23-26-45(40)61(55)47-31-50-39(29-44(47)60(54)62)36-16-10-13-19-48(36)63-50/h9-31H,1-8H3. The van der Waals surface area contributed by atoms with Gasteiger partial charge in [0, 0.05) is 72.0 Å². The van der Waals surface area contributed by atoms with Crippen LogP contribution < -0.4 is 15.7 Å². The second kappa shape index (κ2) is 11.8. The number of nitrogens with zero attached hydrogens (tertiary/aromatic N) is 2. The number of furan rings is 2. The van der Waals surface area contributed by atoms with Gasteiger partial charge in [-0.15, -0.1) is 0 Å². The zero-order valence-corrected chi connectivity index (χ0v) is 37.6. The van der Waals surface area contributed by atoms with Gasteiger partial charge in [0.05, 0.1) is 11.0 Å². The van der Waals surface area contributed by atoms with E-state index in [0.29, 0.717) is 0 Å². The molecule has 3 aliphatic rings. The quantitative estimate of drug-likeness (QED) is 0.155. The normalized spacial score (nSPS) is 14.9. The molecule has 0 N–H and O–H groups in total. The highest BCUT2D eigenvalue weighted by Crippen LogP contribution is 2.56. The highest BCUT2D eigenvalue weighted by atomic mass is 16.3. The highest BCUT2D eigenvalue weighted by molar-refractivity contribution is 6.94. The Labute approximate surface area is 372 Å². The second-order valence-electron chi connectivity index (χ2n) is 21.3. The summed E-state index contributed by atoms with van der Waals surface area (Å²) in [5.41, 5.74) is 22.3. The molecule has 0 fully saturated rings. The Morgan fingerprint density at radius 1 is 0.516 bits per heavy atom. The van der Waals surface area contributed by atoms with E-state index in [0.717, 1.165) is 49.9 Å². The third-order valence-corrected chi connectivity index (χ3v) is 15.3. The number of hydrogen-bond acceptors (Lipinski definition) is 3. The van der Waals surface area contributed by atoms with Gasteiger partial charge in [0.25, 0.3) is 0 Å². The Kier molecular flexibility index (Phi) is 6.72. The molecule has 14 rings (SSSR count). The predicted octanol–water partition coefficient (Wildman–Crippen LogP) is 14.7. The predicted molar refractivity (Wildman–Crippen MR) is 269 cm³/mol. The van der Waals surface area contributed by atoms with Gasteiger partial charge in [0.15, 0.2) is 0 Å². The molecule has 5 heterocycles. The topological polar surface area (TPSA) is 34.5 Å². The van der Waals surface area contributed by atoms with Crippen LogP contribution in [0.5, 0.6) is 0 Å². The molecule has 11 aromatic rings. The average Bonchev–Trinajstić information content (AvgIpc) is 4.00. The van der Waals surface area contributed by atoms with Crippen LogP contribution in [-0.2, 0) is 16.2 Å². The molecule has 5 heteroatoms. The first-order valence-electron chi connectivity index (χ1n) is 22.9. The summed E-state index contributed by atoms with van der Waals surface area (Å²) in [4.78, 5) is 2.67. The summed E-state index contributed by atoms with van der Waals surface area (Å²) in [6.45, 7) is 18.4. The van der Waals surface area contributed by atoms with Gasteiger partial charge < -0.3 is 18.2 Å². The van der Waals surface area contributed by atoms with E-state index in [1.165, 1.54) is 88.3 Å². The summed E-state index contributed by atoms with van der Waals surface area (Å²) < 4.78 is 16.7. The third-order valence-electron chi connectivity index (χ3n) is 15.3. The molecule has 0 spiro atoms. The van der Waals surface area contributed by atoms with Crippen molar-refractivity contribution in [3.05, 3.63) is 162 Å². The molecule has 0 unspecified atom stereocenters. The lowest BCUT2D eigenvalue weighted by atomic mass is 9.43. The molecule has 2 aliphatic heterocycles. The number of anilines is 2. The first-order chi connectivity index (χ1) is 30.8. The van der Waals surface area contributed by atoms with Crippen molar-refractivity contribution in [2.45, 2.75) is 71.6 Å². The van der Waals surface area contributed by atoms with Gasteiger partial charge in [0.2, 0.25) is 0 Å². The second-order valence-corrected chi connectivity index (χ2v) is 21.3. The van der Waals surface area contributed by atoms with Crippen molar-refractivity contribution in [1.82, 2.24) is 4.57 Å². The van der Waals surface area contributed by atoms with Crippen LogP contribution >= 0.6 is 0 Å². The van der Waals surface area contributed by atoms with Crippen LogP contribution in [0.25, 0.3) is 93.6 Å². The number of para-hydroxylation sites is 2. The van der Waals surface area contributed by atoms with E-state index < -0.39 is 0 Å². The van der Waals surface area contributed by atoms with Crippen LogP contribution in [0.2, 0.25) is 0 Å². The van der Waals surface area contributed by atoms with E-state index in [1.54, 1.807) is 0 Å². The van der Waals surface area contributed by atoms with Gasteiger partial charge in [-0.3, -0.25) is 0 Å². The first-order valence-corrected chi connectivity index (χ1v) is 22.9. The van der Waals surface area contributed by atoms with E-state index in [2.05, 4.69) is 204 Å². The maximum absolute atomic E-state index is 7.33. The zero-order chi connectivity index (χ0) is 43.3. The fourth-order valence-electron chi connectivity index (χ4n) is 12.1. The molecular formula is C59H47BN2O2. The molecule has 64 heavy (non-hydrogen) atoms. The Hall–Kier alpha value is -6.98. The summed E-state index contributed by atoms with van der Waals surface area (Å²) in [5, 5.41) is 7.08. The van der Waals surface area contributed by atoms with Crippen LogP contribution in [0.15, 0.2) is 148 Å². The average molecular weight is 827 g/mol. The van der Waals surface area contributed by atoms with Gasteiger partial charge in [-0.2, -0.15) is 0 Å². The van der Waals surface area contributed by atoms with Crippen molar-refractivity contribution in [3.8, 4) is 27.9 Å². The fraction of sp³-hybridized carbons (Fsp3) is 0.186. The lowest BCUT2D eigenvalue weighted by molar-refractivity contribution is 0.590. The summed E-state index contributed by atoms with van der Waals surface area (Å²) in [6, 6.07) is 52.6. The van der Waals surface area contributed by atoms with Crippen LogP contribution in [0, 0.1) is 0 Å². The third kappa shape index (κ3) is 4.49. The minimum Gasteiger partial charge on any atom is -0.456 e. The maximum atomic E-state index is 7.33. The fourth-order valence-corrected chi connectivity index (χ4v) is 12.1. The number of hydrogen-bond donors (Lipinski definition) is 0. The van der Waals surface area contributed by atoms with Crippen LogP contribution in [-0.4, -0.2) is 11.4 Å². The SMILES string of the molecule is CC(C)(C)c1ccc(N2B3c4cc5c(cc4-n4c6ccc(C(C)(C)C)cc6c6c7c(oc8ccccc87)c(c3c64)-c3cc4c(cc32)-c2ccccc2C4(C)C)oc2ccccc25)cc1. The van der Waals surface area contributed by atoms with Crippen LogP contribution in [0.4, 0.5) is 11.4 Å². The number of rotatable bonds is 1. The molecular weight excluding hydrogens is 779 g/mol. The lowest BCUT2D eigenvalue weighted by Gasteiger charge is -2.42. The van der Waals surface area contributed by atoms with Gasteiger partial charge in [0.1, 0.15) is 22.3 Å². The number of fused-ring (bicyclic) bond motifs is 19. The number of benzene rings is 8. The minimum atomic E-state index is -0.197. The molecule has 1 aliphatic carbocycles. The molecule has 4 nitrogen and oxygen atoms in total. The zero-order valence-electron chi connectivity index (χ0n) is 37.6. The van der Waals surface area contributed by atoms with E-state index in [1.807, 2.05) is 0 Å². The van der Waals surface area contributed by atoms with Crippen LogP contribution in [0.3, 0.4) is 0 Å². The van der Waals surface area contributed by atoms with Gasteiger partial charge in [-0.1, -0.05) is 140 Å². The molecule has 0 bridgehead atoms. The Morgan fingerprint density at radius 3 is 1.97 bits per heavy atom. The maximum Gasteiger partial charge on any atom is 0.333 e. The Morgan fingerprint density at radius 2 is 1.20 bits per heavy atom. The van der Waals surface area contributed by atoms with Gasteiger partial charge in [-0.25, -0.2) is 0 Å². The molecule has 0 amide bonds. The van der Waals surface area contributed by atoms with Crippen molar-refractivity contribution in [2.24, 2.45) is 0 Å². The molecule has 0 saturated heterocycles. The molecule has 0 saturated carbocycles. The van der Waals surface area contributed by atoms with E-state index in [9.17, 15) is 0 Å². The van der Waals surface area contributed by atoms with E-state index >= 15 is 0 Å². The van der Waals surface area contributed by atoms with Crippen molar-refractivity contribution in [3.63, 3.8) is 0 Å². The highest BCUT2D eigenvalue weighted by Gasteiger charge is 2.48. The Bertz CT molecular complexity index is 3900. The summed E-state index contributed by atoms with van der Waals surface area (Å²) in [7, 11) is 0. The summed E-state index contributed by atoms with van der Waals surface area (Å²) >= 11 is 0. The lowest BCUT2D eigenvalue weighted by Crippen LogP contribution is -2.60. The monoisotopic (exact) mass is 826 g/mol. The smallest absolute Gasteiger partial charge is 0.333 e. The first kappa shape index (κ1) is 36.5. The molecule has 3 aromatic heterocycles. The summed E-state index contributed by atoms with van der Waals surface area (Å²) in [6.07, 6.45) is 0. The van der Waals surface area contributed by atoms with Crippen molar-refractivity contribution in [2.75, 3.05) is 4.81 Å². The molecule has 8 aromatic carbocycles. The summed E-state index contributed by atoms with van der Waals surface area (Å²) in [5.74, 6) is 0. The molecule has 308 valence electrons. The Balaban J connectivity index is 1.23. The van der Waals surface area contributed by atoms with Gasteiger partial charge in [-0.05, 0) is 104 Å². The molecule has 0 radical (unpaired) electrons. The van der Waals surface area contributed by atoms with E-state index in [-0.39, 0.29) is 23.1 Å². The van der Waals surface area contributed by atoms with Crippen molar-refractivity contribution < 1.29 is 8.83 Å².